The molecule has 0 spiro atoms. The van der Waals surface area contributed by atoms with E-state index in [1.54, 1.807) is 24.3 Å². The molecule has 0 unspecified atom stereocenters. The van der Waals surface area contributed by atoms with Gasteiger partial charge in [0.15, 0.2) is 0 Å². The van der Waals surface area contributed by atoms with Crippen LogP contribution in [0.15, 0.2) is 41.2 Å². The number of hydrogen-bond donors (Lipinski definition) is 3. The summed E-state index contributed by atoms with van der Waals surface area (Å²) in [6, 6.07) is 9.47. The van der Waals surface area contributed by atoms with Crippen molar-refractivity contribution in [1.82, 2.24) is 24.8 Å². The number of morpholine rings is 1. The summed E-state index contributed by atoms with van der Waals surface area (Å²) in [5.74, 6) is -0.430. The van der Waals surface area contributed by atoms with Crippen LogP contribution in [0.2, 0.25) is 0 Å². The second kappa shape index (κ2) is 8.79. The molecule has 0 saturated carbocycles. The number of nitrogens with one attached hydrogen (secondary N) is 2. The molecule has 35 heavy (non-hydrogen) atoms. The maximum atomic E-state index is 14.4. The Morgan fingerprint density at radius 3 is 2.83 bits per heavy atom. The van der Waals surface area contributed by atoms with Gasteiger partial charge in [0.1, 0.15) is 17.2 Å². The van der Waals surface area contributed by atoms with E-state index in [1.165, 1.54) is 12.1 Å². The zero-order valence-electron chi connectivity index (χ0n) is 19.8. The van der Waals surface area contributed by atoms with Crippen LogP contribution in [-0.4, -0.2) is 76.6 Å². The van der Waals surface area contributed by atoms with Crippen LogP contribution in [0.25, 0.3) is 33.3 Å². The molecule has 1 aliphatic rings. The van der Waals surface area contributed by atoms with Gasteiger partial charge in [-0.1, -0.05) is 6.07 Å². The third kappa shape index (κ3) is 4.15. The highest BCUT2D eigenvalue weighted by Gasteiger charge is 2.30. The van der Waals surface area contributed by atoms with Crippen LogP contribution < -0.4 is 11.3 Å². The molecule has 2 atom stereocenters. The van der Waals surface area contributed by atoms with Crippen LogP contribution in [0.3, 0.4) is 0 Å². The molecule has 3 heterocycles. The number of carbonyl (C=O) groups excluding carboxylic acids is 1. The normalized spacial score (nSPS) is 18.6. The number of nitrogens with two attached hydrogens (primary N) is 1. The lowest BCUT2D eigenvalue weighted by Gasteiger charge is -2.39. The summed E-state index contributed by atoms with van der Waals surface area (Å²) >= 11 is 0. The van der Waals surface area contributed by atoms with Gasteiger partial charge >= 0.3 is 0 Å². The zero-order chi connectivity index (χ0) is 24.9. The molecule has 4 aromatic rings. The third-order valence-electron chi connectivity index (χ3n) is 6.33. The lowest BCUT2D eigenvalue weighted by atomic mass is 10.1. The topological polar surface area (TPSA) is 120 Å². The minimum Gasteiger partial charge on any atom is -0.397 e. The summed E-state index contributed by atoms with van der Waals surface area (Å²) < 4.78 is 20.3. The average molecular weight is 479 g/mol. The number of nitrogen functional groups attached to an aromatic ring is 1. The second-order valence-corrected chi connectivity index (χ2v) is 9.25. The van der Waals surface area contributed by atoms with Crippen LogP contribution in [0.1, 0.15) is 17.3 Å². The Hall–Kier alpha value is -3.76. The minimum atomic E-state index is -0.534. The van der Waals surface area contributed by atoms with Crippen molar-refractivity contribution in [2.24, 2.45) is 0 Å². The van der Waals surface area contributed by atoms with E-state index in [1.807, 2.05) is 30.8 Å². The van der Waals surface area contributed by atoms with Gasteiger partial charge in [0, 0.05) is 18.7 Å². The highest BCUT2D eigenvalue weighted by Crippen LogP contribution is 2.30. The number of anilines is 1. The van der Waals surface area contributed by atoms with Crippen molar-refractivity contribution in [1.29, 1.82) is 0 Å². The van der Waals surface area contributed by atoms with Crippen LogP contribution >= 0.6 is 0 Å². The van der Waals surface area contributed by atoms with E-state index >= 15 is 0 Å². The quantitative estimate of drug-likeness (QED) is 0.415. The minimum absolute atomic E-state index is 0.00582. The number of likely N-dealkylation sites (N-methyl/N-ethyl adjacent to an activating group) is 1. The molecule has 9 nitrogen and oxygen atoms in total. The SMILES string of the molecule is C[C@H]1CO[C@@H](CN(C)C)CN1C(=O)c1ccc2nc(-c3c(N)c4c(F)cccc4[nH]c3=O)[nH]c2c1. The van der Waals surface area contributed by atoms with E-state index in [4.69, 9.17) is 10.5 Å². The first-order valence-corrected chi connectivity index (χ1v) is 11.4. The first-order chi connectivity index (χ1) is 16.7. The zero-order valence-corrected chi connectivity index (χ0v) is 19.8. The van der Waals surface area contributed by atoms with Crippen molar-refractivity contribution in [3.05, 3.63) is 58.1 Å². The number of pyridine rings is 1. The number of halogens is 1. The average Bonchev–Trinajstić information content (AvgIpc) is 3.22. The van der Waals surface area contributed by atoms with E-state index in [2.05, 4.69) is 15.0 Å². The number of rotatable bonds is 4. The van der Waals surface area contributed by atoms with Crippen molar-refractivity contribution in [3.8, 4) is 11.4 Å². The summed E-state index contributed by atoms with van der Waals surface area (Å²) in [7, 11) is 3.94. The van der Waals surface area contributed by atoms with Gasteiger partial charge in [-0.25, -0.2) is 9.37 Å². The van der Waals surface area contributed by atoms with Gasteiger partial charge in [-0.15, -0.1) is 0 Å². The molecule has 1 aliphatic heterocycles. The number of carbonyl (C=O) groups is 1. The van der Waals surface area contributed by atoms with Crippen molar-refractivity contribution < 1.29 is 13.9 Å². The largest absolute Gasteiger partial charge is 0.397 e. The molecule has 5 rings (SSSR count). The lowest BCUT2D eigenvalue weighted by molar-refractivity contribution is -0.0546. The highest BCUT2D eigenvalue weighted by atomic mass is 19.1. The van der Waals surface area contributed by atoms with E-state index in [-0.39, 0.29) is 40.5 Å². The standard InChI is InChI=1S/C25H27FN6O3/c1-13-12-35-15(10-31(2)3)11-32(13)25(34)14-7-8-17-19(9-14)29-23(28-17)21-22(27)20-16(26)5-4-6-18(20)30-24(21)33/h4-9,13,15H,10-12H2,1-3H3,(H,28,29)(H3,27,30,33)/t13-,15-/m0/s1. The Morgan fingerprint density at radius 1 is 1.26 bits per heavy atom. The number of aromatic nitrogens is 3. The summed E-state index contributed by atoms with van der Waals surface area (Å²) in [6.45, 7) is 3.66. The Morgan fingerprint density at radius 2 is 2.06 bits per heavy atom. The molecule has 10 heteroatoms. The fraction of sp³-hybridized carbons (Fsp3) is 0.320. The van der Waals surface area contributed by atoms with Crippen LogP contribution in [0, 0.1) is 5.82 Å². The van der Waals surface area contributed by atoms with E-state index in [0.29, 0.717) is 35.3 Å². The van der Waals surface area contributed by atoms with Gasteiger partial charge in [0.25, 0.3) is 11.5 Å². The second-order valence-electron chi connectivity index (χ2n) is 9.25. The summed E-state index contributed by atoms with van der Waals surface area (Å²) in [6.07, 6.45) is -0.0596. The molecule has 0 radical (unpaired) electrons. The number of hydrogen-bond acceptors (Lipinski definition) is 6. The molecule has 1 fully saturated rings. The van der Waals surface area contributed by atoms with Gasteiger partial charge in [0.05, 0.1) is 46.4 Å². The van der Waals surface area contributed by atoms with Crippen LogP contribution in [0.4, 0.5) is 10.1 Å². The fourth-order valence-corrected chi connectivity index (χ4v) is 4.61. The van der Waals surface area contributed by atoms with Crippen molar-refractivity contribution in [2.45, 2.75) is 19.1 Å². The molecular weight excluding hydrogens is 451 g/mol. The number of fused-ring (bicyclic) bond motifs is 2. The molecule has 0 bridgehead atoms. The Balaban J connectivity index is 1.50. The summed E-state index contributed by atoms with van der Waals surface area (Å²) in [4.78, 5) is 40.2. The Bertz CT molecular complexity index is 1490. The number of benzene rings is 2. The molecule has 0 aliphatic carbocycles. The fourth-order valence-electron chi connectivity index (χ4n) is 4.61. The van der Waals surface area contributed by atoms with E-state index in [9.17, 15) is 14.0 Å². The van der Waals surface area contributed by atoms with Gasteiger partial charge in [-0.2, -0.15) is 0 Å². The van der Waals surface area contributed by atoms with E-state index in [0.717, 1.165) is 6.54 Å². The number of nitrogens with zero attached hydrogens (tertiary/aromatic N) is 3. The maximum absolute atomic E-state index is 14.4. The molecule has 1 saturated heterocycles. The smallest absolute Gasteiger partial charge is 0.261 e. The lowest BCUT2D eigenvalue weighted by Crippen LogP contribution is -2.53. The monoisotopic (exact) mass is 478 g/mol. The van der Waals surface area contributed by atoms with Crippen molar-refractivity contribution in [2.75, 3.05) is 39.5 Å². The Kier molecular flexibility index (Phi) is 5.78. The molecule has 2 aromatic heterocycles. The van der Waals surface area contributed by atoms with Gasteiger partial charge in [0.2, 0.25) is 0 Å². The third-order valence-corrected chi connectivity index (χ3v) is 6.33. The first-order valence-electron chi connectivity index (χ1n) is 11.4. The molecule has 4 N–H and O–H groups in total. The van der Waals surface area contributed by atoms with Crippen LogP contribution in [0.5, 0.6) is 0 Å². The van der Waals surface area contributed by atoms with Gasteiger partial charge in [-0.05, 0) is 51.4 Å². The highest BCUT2D eigenvalue weighted by molar-refractivity contribution is 6.00. The number of H-pyrrole nitrogens is 2. The molecule has 182 valence electrons. The number of aromatic amines is 2. The Labute approximate surface area is 200 Å². The van der Waals surface area contributed by atoms with Crippen molar-refractivity contribution in [3.63, 3.8) is 0 Å². The summed E-state index contributed by atoms with van der Waals surface area (Å²) in [5.41, 5.74) is 7.74. The predicted molar refractivity (Wildman–Crippen MR) is 133 cm³/mol. The van der Waals surface area contributed by atoms with Crippen molar-refractivity contribution >= 4 is 33.5 Å². The maximum Gasteiger partial charge on any atom is 0.261 e. The van der Waals surface area contributed by atoms with Gasteiger partial charge < -0.3 is 30.2 Å². The number of ether oxygens (including phenoxy) is 1. The molecule has 1 amide bonds. The molecule has 2 aromatic carbocycles. The predicted octanol–water partition coefficient (Wildman–Crippen LogP) is 2.58. The van der Waals surface area contributed by atoms with E-state index < -0.39 is 11.4 Å². The number of amides is 1. The molecular formula is C25H27FN6O3. The number of imidazole rings is 1. The summed E-state index contributed by atoms with van der Waals surface area (Å²) in [5, 5.41) is 0.131. The first kappa shape index (κ1) is 23.0. The van der Waals surface area contributed by atoms with Crippen LogP contribution in [-0.2, 0) is 4.74 Å². The van der Waals surface area contributed by atoms with Gasteiger partial charge in [-0.3, -0.25) is 9.59 Å².